The molecule has 79 heavy (non-hydrogen) atoms. The quantitative estimate of drug-likeness (QED) is 0.0240. The highest BCUT2D eigenvalue weighted by atomic mass is 16.8. The molecule has 0 radical (unpaired) electrons. The standard InChI is InChI=1S/C60H113NO18/c1-3-5-7-9-11-13-15-17-18-19-20-21-22-23-24-26-28-30-32-34-36-38-48(66)61-43(44(65)37-35-33-31-29-27-25-16-14-12-10-8-6-4-2)42-74-58-54(72)51(69)56(46(40-63)76-58)79-60-55(73)52(70)57(47(41-64)77-60)78-59-53(71)50(68)49(67)45(39-62)75-59/h35,37,43-47,49-60,62-65,67-73H,3-34,36,38-42H2,1-2H3,(H,61,66)/b37-35+/t43-,44+,45+,46+,47+,49+,50+,51-,52-,53+,54+,55+,56-,57+,58-,59-,60+/m1/s1. The maximum atomic E-state index is 13.3. The van der Waals surface area contributed by atoms with Crippen molar-refractivity contribution in [3.8, 4) is 0 Å². The molecule has 3 fully saturated rings. The van der Waals surface area contributed by atoms with Crippen LogP contribution < -0.4 is 5.32 Å². The largest absolute Gasteiger partial charge is 0.394 e. The molecule has 0 bridgehead atoms. The third-order valence-electron chi connectivity index (χ3n) is 16.1. The first kappa shape index (κ1) is 71.8. The van der Waals surface area contributed by atoms with Crippen LogP contribution in [0.4, 0.5) is 0 Å². The van der Waals surface area contributed by atoms with Crippen molar-refractivity contribution in [3.05, 3.63) is 12.2 Å². The fraction of sp³-hybridized carbons (Fsp3) is 0.950. The van der Waals surface area contributed by atoms with Gasteiger partial charge in [-0.1, -0.05) is 219 Å². The second kappa shape index (κ2) is 44.1. The fourth-order valence-corrected chi connectivity index (χ4v) is 10.9. The molecule has 3 aliphatic rings. The van der Waals surface area contributed by atoms with Crippen LogP contribution in [0.5, 0.6) is 0 Å². The van der Waals surface area contributed by atoms with Crippen molar-refractivity contribution >= 4 is 5.91 Å². The zero-order valence-electron chi connectivity index (χ0n) is 48.6. The zero-order chi connectivity index (χ0) is 57.6. The van der Waals surface area contributed by atoms with Crippen LogP contribution in [-0.4, -0.2) is 193 Å². The summed E-state index contributed by atoms with van der Waals surface area (Å²) in [6, 6.07) is -0.966. The van der Waals surface area contributed by atoms with Crippen LogP contribution in [-0.2, 0) is 33.2 Å². The number of hydrogen-bond acceptors (Lipinski definition) is 18. The van der Waals surface area contributed by atoms with Gasteiger partial charge >= 0.3 is 0 Å². The topological polar surface area (TPSA) is 307 Å². The van der Waals surface area contributed by atoms with Crippen LogP contribution in [0, 0.1) is 0 Å². The van der Waals surface area contributed by atoms with Crippen LogP contribution in [0.2, 0.25) is 0 Å². The van der Waals surface area contributed by atoms with Gasteiger partial charge in [0, 0.05) is 6.42 Å². The van der Waals surface area contributed by atoms with E-state index in [1.54, 1.807) is 6.08 Å². The molecule has 3 saturated heterocycles. The molecule has 17 atom stereocenters. The Morgan fingerprint density at radius 2 is 0.785 bits per heavy atom. The van der Waals surface area contributed by atoms with Crippen LogP contribution in [0.3, 0.4) is 0 Å². The lowest BCUT2D eigenvalue weighted by Crippen LogP contribution is -2.66. The summed E-state index contributed by atoms with van der Waals surface area (Å²) in [5.74, 6) is -0.272. The van der Waals surface area contributed by atoms with E-state index in [0.29, 0.717) is 6.42 Å². The Bertz CT molecular complexity index is 1500. The molecule has 0 spiro atoms. The fourth-order valence-electron chi connectivity index (χ4n) is 10.9. The van der Waals surface area contributed by atoms with E-state index in [-0.39, 0.29) is 18.9 Å². The molecule has 0 aromatic heterocycles. The lowest BCUT2D eigenvalue weighted by molar-refractivity contribution is -0.379. The SMILES string of the molecule is CCCCCCCCCCCCC/C=C/[C@H](O)[C@@H](CO[C@@H]1O[C@@H](CO)[C@@H](O[C@@H]2O[C@@H](CO)[C@H](O[C@H]3O[C@@H](CO)[C@H](O)[C@H](O)[C@@H]3O)[C@H](O)[C@@H]2O)[C@H](O)[C@@H]1O)NC(=O)CCCCCCCCCCCCCCCCCCCCCCC. The highest BCUT2D eigenvalue weighted by molar-refractivity contribution is 5.76. The molecule has 0 saturated carbocycles. The molecule has 19 heteroatoms. The van der Waals surface area contributed by atoms with Gasteiger partial charge in [0.1, 0.15) is 73.2 Å². The molecule has 0 aromatic rings. The summed E-state index contributed by atoms with van der Waals surface area (Å²) in [5, 5.41) is 120. The van der Waals surface area contributed by atoms with Gasteiger partial charge in [-0.15, -0.1) is 0 Å². The lowest BCUT2D eigenvalue weighted by atomic mass is 9.96. The first-order chi connectivity index (χ1) is 38.3. The molecular weight excluding hydrogens is 1020 g/mol. The maximum Gasteiger partial charge on any atom is 0.220 e. The Kier molecular flexibility index (Phi) is 40.1. The van der Waals surface area contributed by atoms with Crippen molar-refractivity contribution in [1.82, 2.24) is 5.32 Å². The number of unbranched alkanes of at least 4 members (excludes halogenated alkanes) is 31. The average Bonchev–Trinajstić information content (AvgIpc) is 3.56. The van der Waals surface area contributed by atoms with E-state index in [1.807, 2.05) is 6.08 Å². The van der Waals surface area contributed by atoms with E-state index in [9.17, 15) is 61.0 Å². The average molecular weight is 1140 g/mol. The number of hydrogen-bond donors (Lipinski definition) is 12. The van der Waals surface area contributed by atoms with E-state index in [2.05, 4.69) is 19.2 Å². The number of allylic oxidation sites excluding steroid dienone is 1. The summed E-state index contributed by atoms with van der Waals surface area (Å²) >= 11 is 0. The smallest absolute Gasteiger partial charge is 0.220 e. The summed E-state index contributed by atoms with van der Waals surface area (Å²) in [4.78, 5) is 13.3. The van der Waals surface area contributed by atoms with Crippen LogP contribution >= 0.6 is 0 Å². The second-order valence-electron chi connectivity index (χ2n) is 22.9. The van der Waals surface area contributed by atoms with E-state index in [4.69, 9.17) is 28.4 Å². The number of aliphatic hydroxyl groups is 11. The Balaban J connectivity index is 1.47. The summed E-state index contributed by atoms with van der Waals surface area (Å²) in [7, 11) is 0. The summed E-state index contributed by atoms with van der Waals surface area (Å²) in [6.07, 6.45) is 17.7. The third-order valence-corrected chi connectivity index (χ3v) is 16.1. The van der Waals surface area contributed by atoms with Gasteiger partial charge in [0.05, 0.1) is 38.6 Å². The minimum atomic E-state index is -1.97. The summed E-state index contributed by atoms with van der Waals surface area (Å²) in [5.41, 5.74) is 0. The first-order valence-electron chi connectivity index (χ1n) is 31.4. The van der Waals surface area contributed by atoms with Crippen molar-refractivity contribution in [2.75, 3.05) is 26.4 Å². The van der Waals surface area contributed by atoms with Crippen molar-refractivity contribution in [1.29, 1.82) is 0 Å². The molecular formula is C60H113NO18. The summed E-state index contributed by atoms with van der Waals surface area (Å²) in [6.45, 7) is 1.74. The molecule has 0 unspecified atom stereocenters. The third kappa shape index (κ3) is 27.9. The highest BCUT2D eigenvalue weighted by Crippen LogP contribution is 2.33. The molecule has 0 aliphatic carbocycles. The lowest BCUT2D eigenvalue weighted by Gasteiger charge is -2.48. The predicted molar refractivity (Wildman–Crippen MR) is 300 cm³/mol. The Morgan fingerprint density at radius 1 is 0.443 bits per heavy atom. The van der Waals surface area contributed by atoms with Gasteiger partial charge in [-0.2, -0.15) is 0 Å². The number of aliphatic hydroxyl groups excluding tert-OH is 11. The van der Waals surface area contributed by atoms with Crippen molar-refractivity contribution in [2.45, 2.75) is 336 Å². The molecule has 12 N–H and O–H groups in total. The van der Waals surface area contributed by atoms with Gasteiger partial charge in [-0.25, -0.2) is 0 Å². The van der Waals surface area contributed by atoms with Gasteiger partial charge in [-0.05, 0) is 19.3 Å². The minimum Gasteiger partial charge on any atom is -0.394 e. The number of carbonyl (C=O) groups is 1. The Labute approximate surface area is 474 Å². The molecule has 19 nitrogen and oxygen atoms in total. The van der Waals surface area contributed by atoms with Gasteiger partial charge in [-0.3, -0.25) is 4.79 Å². The first-order valence-corrected chi connectivity index (χ1v) is 31.4. The zero-order valence-corrected chi connectivity index (χ0v) is 48.6. The number of amides is 1. The van der Waals surface area contributed by atoms with Crippen molar-refractivity contribution < 1.29 is 89.4 Å². The number of ether oxygens (including phenoxy) is 6. The van der Waals surface area contributed by atoms with Gasteiger partial charge in [0.15, 0.2) is 18.9 Å². The molecule has 3 rings (SSSR count). The second-order valence-corrected chi connectivity index (χ2v) is 22.9. The number of nitrogens with one attached hydrogen (secondary N) is 1. The number of rotatable bonds is 47. The van der Waals surface area contributed by atoms with E-state index in [1.165, 1.54) is 161 Å². The van der Waals surface area contributed by atoms with E-state index >= 15 is 0 Å². The van der Waals surface area contributed by atoms with Gasteiger partial charge in [0.25, 0.3) is 0 Å². The highest BCUT2D eigenvalue weighted by Gasteiger charge is 2.53. The minimum absolute atomic E-state index is 0.249. The maximum absolute atomic E-state index is 13.3. The number of carbonyl (C=O) groups excluding carboxylic acids is 1. The van der Waals surface area contributed by atoms with Crippen molar-refractivity contribution in [3.63, 3.8) is 0 Å². The Morgan fingerprint density at radius 3 is 1.19 bits per heavy atom. The predicted octanol–water partition coefficient (Wildman–Crippen LogP) is 6.16. The molecule has 3 heterocycles. The molecule has 3 aliphatic heterocycles. The van der Waals surface area contributed by atoms with Crippen LogP contribution in [0.15, 0.2) is 12.2 Å². The molecule has 0 aromatic carbocycles. The van der Waals surface area contributed by atoms with Gasteiger partial charge < -0.3 is 89.9 Å². The molecule has 1 amide bonds. The Hall–Kier alpha value is -1.47. The normalized spacial score (nSPS) is 30.3. The van der Waals surface area contributed by atoms with Gasteiger partial charge in [0.2, 0.25) is 5.91 Å². The van der Waals surface area contributed by atoms with Crippen LogP contribution in [0.1, 0.15) is 232 Å². The monoisotopic (exact) mass is 1140 g/mol. The van der Waals surface area contributed by atoms with Crippen molar-refractivity contribution in [2.24, 2.45) is 0 Å². The van der Waals surface area contributed by atoms with E-state index < -0.39 is 124 Å². The molecule has 466 valence electrons. The van der Waals surface area contributed by atoms with E-state index in [0.717, 1.165) is 44.9 Å². The summed E-state index contributed by atoms with van der Waals surface area (Å²) < 4.78 is 34.3. The van der Waals surface area contributed by atoms with Crippen LogP contribution in [0.25, 0.3) is 0 Å².